The van der Waals surface area contributed by atoms with E-state index in [-0.39, 0.29) is 0 Å². The molecule has 0 bridgehead atoms. The van der Waals surface area contributed by atoms with Crippen LogP contribution in [-0.4, -0.2) is 9.38 Å². The number of halogens is 2. The minimum atomic E-state index is 0.434. The fraction of sp³-hybridized carbons (Fsp3) is 0.133. The molecule has 2 heterocycles. The van der Waals surface area contributed by atoms with Crippen molar-refractivity contribution in [3.05, 3.63) is 65.1 Å². The van der Waals surface area contributed by atoms with Gasteiger partial charge in [0.2, 0.25) is 0 Å². The molecule has 102 valence electrons. The van der Waals surface area contributed by atoms with E-state index in [1.54, 1.807) is 0 Å². The van der Waals surface area contributed by atoms with E-state index < -0.39 is 0 Å². The number of imidazole rings is 1. The molecule has 1 aromatic carbocycles. The highest BCUT2D eigenvalue weighted by molar-refractivity contribution is 9.08. The molecule has 0 amide bonds. The topological polar surface area (TPSA) is 26.5 Å². The average molecular weight is 352 g/mol. The number of alkyl halides is 1. The maximum Gasteiger partial charge on any atom is 0.137 e. The number of ether oxygens (including phenoxy) is 1. The van der Waals surface area contributed by atoms with E-state index in [0.717, 1.165) is 22.7 Å². The predicted octanol–water partition coefficient (Wildman–Crippen LogP) is 4.46. The number of rotatable bonds is 4. The fourth-order valence-corrected chi connectivity index (χ4v) is 2.63. The van der Waals surface area contributed by atoms with Crippen molar-refractivity contribution in [1.29, 1.82) is 0 Å². The molecule has 3 aromatic rings. The third kappa shape index (κ3) is 2.81. The van der Waals surface area contributed by atoms with Crippen molar-refractivity contribution in [2.24, 2.45) is 0 Å². The van der Waals surface area contributed by atoms with Crippen molar-refractivity contribution in [2.45, 2.75) is 11.9 Å². The van der Waals surface area contributed by atoms with Crippen LogP contribution >= 0.6 is 27.5 Å². The van der Waals surface area contributed by atoms with Crippen LogP contribution in [0, 0.1) is 0 Å². The minimum absolute atomic E-state index is 0.434. The van der Waals surface area contributed by atoms with E-state index in [0.29, 0.717) is 17.0 Å². The van der Waals surface area contributed by atoms with Crippen LogP contribution in [0.3, 0.4) is 0 Å². The largest absolute Gasteiger partial charge is 0.487 e. The molecule has 3 rings (SSSR count). The maximum absolute atomic E-state index is 5.97. The van der Waals surface area contributed by atoms with Crippen molar-refractivity contribution in [2.75, 3.05) is 0 Å². The first-order valence-electron chi connectivity index (χ1n) is 6.16. The fourth-order valence-electron chi connectivity index (χ4n) is 2.00. The van der Waals surface area contributed by atoms with Crippen molar-refractivity contribution >= 4 is 33.2 Å². The van der Waals surface area contributed by atoms with Crippen LogP contribution in [0.1, 0.15) is 11.3 Å². The van der Waals surface area contributed by atoms with Gasteiger partial charge in [-0.1, -0.05) is 33.6 Å². The highest BCUT2D eigenvalue weighted by Crippen LogP contribution is 2.25. The summed E-state index contributed by atoms with van der Waals surface area (Å²) in [6.07, 6.45) is 3.94. The molecule has 0 aliphatic rings. The molecule has 0 saturated heterocycles. The van der Waals surface area contributed by atoms with E-state index in [2.05, 4.69) is 20.9 Å². The van der Waals surface area contributed by atoms with Crippen molar-refractivity contribution in [3.8, 4) is 5.75 Å². The molecular formula is C15H12BrClN2O. The van der Waals surface area contributed by atoms with E-state index in [1.807, 2.05) is 53.2 Å². The summed E-state index contributed by atoms with van der Waals surface area (Å²) in [5.41, 5.74) is 2.84. The van der Waals surface area contributed by atoms with Gasteiger partial charge in [-0.15, -0.1) is 0 Å². The summed E-state index contributed by atoms with van der Waals surface area (Å²) in [4.78, 5) is 4.50. The van der Waals surface area contributed by atoms with Crippen LogP contribution in [0.2, 0.25) is 5.02 Å². The first kappa shape index (κ1) is 13.5. The second kappa shape index (κ2) is 5.85. The van der Waals surface area contributed by atoms with Crippen LogP contribution < -0.4 is 4.74 Å². The van der Waals surface area contributed by atoms with Crippen LogP contribution in [0.15, 0.2) is 48.8 Å². The standard InChI is InChI=1S/C15H12BrClN2O/c16-8-11-7-12(17)4-5-14(11)20-10-13-9-19-6-2-1-3-15(19)18-13/h1-7,9H,8,10H2. The number of benzene rings is 1. The van der Waals surface area contributed by atoms with E-state index in [4.69, 9.17) is 16.3 Å². The van der Waals surface area contributed by atoms with Gasteiger partial charge in [0.05, 0.1) is 5.69 Å². The molecule has 2 aromatic heterocycles. The van der Waals surface area contributed by atoms with Gasteiger partial charge in [-0.3, -0.25) is 0 Å². The smallest absolute Gasteiger partial charge is 0.137 e. The van der Waals surface area contributed by atoms with Gasteiger partial charge in [0, 0.05) is 28.3 Å². The van der Waals surface area contributed by atoms with Crippen molar-refractivity contribution in [1.82, 2.24) is 9.38 Å². The Labute approximate surface area is 130 Å². The lowest BCUT2D eigenvalue weighted by Crippen LogP contribution is -1.98. The Morgan fingerprint density at radius 3 is 2.95 bits per heavy atom. The Balaban J connectivity index is 1.79. The second-order valence-corrected chi connectivity index (χ2v) is 5.37. The van der Waals surface area contributed by atoms with Crippen LogP contribution in [0.5, 0.6) is 5.75 Å². The zero-order chi connectivity index (χ0) is 13.9. The molecule has 3 nitrogen and oxygen atoms in total. The van der Waals surface area contributed by atoms with Gasteiger partial charge in [-0.05, 0) is 30.3 Å². The number of fused-ring (bicyclic) bond motifs is 1. The third-order valence-electron chi connectivity index (χ3n) is 2.96. The normalized spacial score (nSPS) is 10.9. The number of hydrogen-bond donors (Lipinski definition) is 0. The summed E-state index contributed by atoms with van der Waals surface area (Å²) in [6, 6.07) is 11.5. The summed E-state index contributed by atoms with van der Waals surface area (Å²) in [7, 11) is 0. The molecular weight excluding hydrogens is 340 g/mol. The van der Waals surface area contributed by atoms with E-state index in [1.165, 1.54) is 0 Å². The quantitative estimate of drug-likeness (QED) is 0.649. The molecule has 20 heavy (non-hydrogen) atoms. The number of nitrogens with zero attached hydrogens (tertiary/aromatic N) is 2. The van der Waals surface area contributed by atoms with Gasteiger partial charge < -0.3 is 9.14 Å². The summed E-state index contributed by atoms with van der Waals surface area (Å²) in [5, 5.41) is 1.41. The van der Waals surface area contributed by atoms with Gasteiger partial charge in [0.15, 0.2) is 0 Å². The lowest BCUT2D eigenvalue weighted by atomic mass is 10.2. The van der Waals surface area contributed by atoms with Gasteiger partial charge in [0.25, 0.3) is 0 Å². The first-order valence-corrected chi connectivity index (χ1v) is 7.66. The van der Waals surface area contributed by atoms with Crippen LogP contribution in [0.4, 0.5) is 0 Å². The molecule has 0 aliphatic carbocycles. The highest BCUT2D eigenvalue weighted by Gasteiger charge is 2.06. The molecule has 0 N–H and O–H groups in total. The molecule has 5 heteroatoms. The Kier molecular flexibility index (Phi) is 3.94. The van der Waals surface area contributed by atoms with Gasteiger partial charge in [0.1, 0.15) is 18.0 Å². The second-order valence-electron chi connectivity index (χ2n) is 4.37. The summed E-state index contributed by atoms with van der Waals surface area (Å²) in [6.45, 7) is 0.434. The number of hydrogen-bond acceptors (Lipinski definition) is 2. The lowest BCUT2D eigenvalue weighted by molar-refractivity contribution is 0.300. The molecule has 0 atom stereocenters. The number of pyridine rings is 1. The third-order valence-corrected chi connectivity index (χ3v) is 3.80. The van der Waals surface area contributed by atoms with E-state index >= 15 is 0 Å². The molecule has 0 fully saturated rings. The highest BCUT2D eigenvalue weighted by atomic mass is 79.9. The van der Waals surface area contributed by atoms with Gasteiger partial charge in [-0.2, -0.15) is 0 Å². The molecule has 0 saturated carbocycles. The monoisotopic (exact) mass is 350 g/mol. The van der Waals surface area contributed by atoms with Crippen molar-refractivity contribution in [3.63, 3.8) is 0 Å². The summed E-state index contributed by atoms with van der Waals surface area (Å²) >= 11 is 9.41. The average Bonchev–Trinajstić information content (AvgIpc) is 2.88. The first-order chi connectivity index (χ1) is 9.76. The molecule has 0 unspecified atom stereocenters. The number of aromatic nitrogens is 2. The maximum atomic E-state index is 5.97. The van der Waals surface area contributed by atoms with Gasteiger partial charge >= 0.3 is 0 Å². The summed E-state index contributed by atoms with van der Waals surface area (Å²) < 4.78 is 7.81. The lowest BCUT2D eigenvalue weighted by Gasteiger charge is -2.09. The zero-order valence-corrected chi connectivity index (χ0v) is 12.9. The Morgan fingerprint density at radius 1 is 1.25 bits per heavy atom. The Bertz CT molecular complexity index is 709. The van der Waals surface area contributed by atoms with Crippen LogP contribution in [0.25, 0.3) is 5.65 Å². The Morgan fingerprint density at radius 2 is 2.15 bits per heavy atom. The Hall–Kier alpha value is -1.52. The SMILES string of the molecule is Clc1ccc(OCc2cn3ccccc3n2)c(CBr)c1. The molecule has 0 radical (unpaired) electrons. The predicted molar refractivity (Wildman–Crippen MR) is 83.6 cm³/mol. The molecule has 0 spiro atoms. The van der Waals surface area contributed by atoms with Gasteiger partial charge in [-0.25, -0.2) is 4.98 Å². The zero-order valence-electron chi connectivity index (χ0n) is 10.6. The van der Waals surface area contributed by atoms with Crippen molar-refractivity contribution < 1.29 is 4.74 Å². The minimum Gasteiger partial charge on any atom is -0.487 e. The van der Waals surface area contributed by atoms with Crippen LogP contribution in [-0.2, 0) is 11.9 Å². The molecule has 0 aliphatic heterocycles. The van der Waals surface area contributed by atoms with E-state index in [9.17, 15) is 0 Å². The summed E-state index contributed by atoms with van der Waals surface area (Å²) in [5.74, 6) is 0.823.